The fourth-order valence-electron chi connectivity index (χ4n) is 4.21. The van der Waals surface area contributed by atoms with Gasteiger partial charge in [-0.2, -0.15) is 13.2 Å². The number of hydrogen-bond acceptors (Lipinski definition) is 3. The average Bonchev–Trinajstić information content (AvgIpc) is 3.06. The van der Waals surface area contributed by atoms with Crippen molar-refractivity contribution in [1.29, 1.82) is 0 Å². The van der Waals surface area contributed by atoms with E-state index in [1.807, 2.05) is 0 Å². The zero-order chi connectivity index (χ0) is 21.7. The highest BCUT2D eigenvalue weighted by Gasteiger charge is 2.60. The minimum Gasteiger partial charge on any atom is -0.322 e. The summed E-state index contributed by atoms with van der Waals surface area (Å²) in [5, 5.41) is 2.50. The Labute approximate surface area is 170 Å². The molecule has 2 heterocycles. The molecular formula is C21H18F3N3O3. The second-order valence-corrected chi connectivity index (χ2v) is 7.15. The molecule has 1 fully saturated rings. The molecule has 2 aromatic rings. The lowest BCUT2D eigenvalue weighted by atomic mass is 9.95. The van der Waals surface area contributed by atoms with Gasteiger partial charge >= 0.3 is 6.18 Å². The average molecular weight is 417 g/mol. The molecule has 9 heteroatoms. The number of anilines is 2. The van der Waals surface area contributed by atoms with E-state index in [2.05, 4.69) is 5.32 Å². The molecule has 0 radical (unpaired) electrons. The predicted molar refractivity (Wildman–Crippen MR) is 103 cm³/mol. The molecule has 0 spiro atoms. The number of para-hydroxylation sites is 1. The van der Waals surface area contributed by atoms with Crippen LogP contribution in [0.4, 0.5) is 24.5 Å². The molecule has 2 aliphatic heterocycles. The molecule has 0 saturated carbocycles. The summed E-state index contributed by atoms with van der Waals surface area (Å²) in [4.78, 5) is 41.9. The summed E-state index contributed by atoms with van der Waals surface area (Å²) in [6.07, 6.45) is -4.48. The number of amides is 3. The lowest BCUT2D eigenvalue weighted by molar-refractivity contribution is -0.137. The van der Waals surface area contributed by atoms with E-state index in [1.54, 1.807) is 31.2 Å². The number of nitrogens with zero attached hydrogens (tertiary/aromatic N) is 2. The van der Waals surface area contributed by atoms with E-state index >= 15 is 0 Å². The summed E-state index contributed by atoms with van der Waals surface area (Å²) < 4.78 is 39.1. The van der Waals surface area contributed by atoms with Crippen LogP contribution < -0.4 is 10.2 Å². The Morgan fingerprint density at radius 1 is 1.13 bits per heavy atom. The molecule has 0 aromatic heterocycles. The smallest absolute Gasteiger partial charge is 0.322 e. The Morgan fingerprint density at radius 2 is 1.87 bits per heavy atom. The quantitative estimate of drug-likeness (QED) is 0.829. The maximum Gasteiger partial charge on any atom is 0.416 e. The molecule has 2 aliphatic rings. The highest BCUT2D eigenvalue weighted by molar-refractivity contribution is 6.18. The van der Waals surface area contributed by atoms with Gasteiger partial charge in [-0.25, -0.2) is 0 Å². The molecule has 156 valence electrons. The van der Waals surface area contributed by atoms with Crippen molar-refractivity contribution in [2.24, 2.45) is 0 Å². The van der Waals surface area contributed by atoms with Crippen molar-refractivity contribution in [3.63, 3.8) is 0 Å². The third-order valence-corrected chi connectivity index (χ3v) is 5.50. The van der Waals surface area contributed by atoms with Crippen molar-refractivity contribution in [3.05, 3.63) is 59.7 Å². The fraction of sp³-hybridized carbons (Fsp3) is 0.286. The van der Waals surface area contributed by atoms with Crippen LogP contribution in [0.1, 0.15) is 35.7 Å². The first-order chi connectivity index (χ1) is 14.2. The topological polar surface area (TPSA) is 69.7 Å². The van der Waals surface area contributed by atoms with Gasteiger partial charge in [-0.1, -0.05) is 18.2 Å². The molecule has 2 aromatic carbocycles. The third-order valence-electron chi connectivity index (χ3n) is 5.50. The van der Waals surface area contributed by atoms with E-state index in [9.17, 15) is 27.6 Å². The van der Waals surface area contributed by atoms with Crippen LogP contribution in [0, 0.1) is 0 Å². The van der Waals surface area contributed by atoms with Crippen molar-refractivity contribution >= 4 is 29.1 Å². The lowest BCUT2D eigenvalue weighted by Gasteiger charge is -2.48. The van der Waals surface area contributed by atoms with Crippen LogP contribution in [0.3, 0.4) is 0 Å². The van der Waals surface area contributed by atoms with Crippen LogP contribution in [-0.2, 0) is 15.8 Å². The van der Waals surface area contributed by atoms with Crippen molar-refractivity contribution in [1.82, 2.24) is 4.90 Å². The van der Waals surface area contributed by atoms with Gasteiger partial charge in [0.2, 0.25) is 11.6 Å². The Bertz CT molecular complexity index is 1050. The number of alkyl halides is 3. The van der Waals surface area contributed by atoms with Gasteiger partial charge in [0.05, 0.1) is 16.8 Å². The van der Waals surface area contributed by atoms with Gasteiger partial charge in [-0.3, -0.25) is 19.3 Å². The molecule has 0 aliphatic carbocycles. The van der Waals surface area contributed by atoms with Gasteiger partial charge in [0.1, 0.15) is 0 Å². The van der Waals surface area contributed by atoms with Crippen molar-refractivity contribution < 1.29 is 27.6 Å². The molecule has 1 atom stereocenters. The van der Waals surface area contributed by atoms with Gasteiger partial charge in [0.15, 0.2) is 0 Å². The number of halogens is 3. The van der Waals surface area contributed by atoms with Crippen molar-refractivity contribution in [2.75, 3.05) is 16.8 Å². The van der Waals surface area contributed by atoms with Gasteiger partial charge in [-0.15, -0.1) is 0 Å². The Kier molecular flexibility index (Phi) is 4.56. The van der Waals surface area contributed by atoms with Crippen molar-refractivity contribution in [2.45, 2.75) is 31.6 Å². The van der Waals surface area contributed by atoms with Crippen LogP contribution in [0.2, 0.25) is 0 Å². The highest BCUT2D eigenvalue weighted by Crippen LogP contribution is 2.45. The summed E-state index contributed by atoms with van der Waals surface area (Å²) in [5.41, 5.74) is -1.97. The van der Waals surface area contributed by atoms with Crippen LogP contribution in [0.25, 0.3) is 0 Å². The van der Waals surface area contributed by atoms with E-state index in [0.29, 0.717) is 11.3 Å². The number of nitrogens with one attached hydrogen (secondary N) is 1. The molecule has 0 unspecified atom stereocenters. The van der Waals surface area contributed by atoms with Crippen molar-refractivity contribution in [3.8, 4) is 0 Å². The monoisotopic (exact) mass is 417 g/mol. The van der Waals surface area contributed by atoms with Crippen LogP contribution >= 0.6 is 0 Å². The number of rotatable bonds is 3. The zero-order valence-corrected chi connectivity index (χ0v) is 16.0. The van der Waals surface area contributed by atoms with Gasteiger partial charge in [0.25, 0.3) is 11.8 Å². The molecule has 6 nitrogen and oxygen atoms in total. The molecule has 4 rings (SSSR count). The summed E-state index contributed by atoms with van der Waals surface area (Å²) in [5.74, 6) is -1.46. The maximum absolute atomic E-state index is 13.4. The molecule has 0 bridgehead atoms. The van der Waals surface area contributed by atoms with Gasteiger partial charge < -0.3 is 10.2 Å². The lowest BCUT2D eigenvalue weighted by Crippen LogP contribution is -2.69. The number of likely N-dealkylation sites (N-methyl/N-ethyl adjacent to an activating group) is 1. The second kappa shape index (κ2) is 6.86. The number of carbonyl (C=O) groups is 3. The van der Waals surface area contributed by atoms with Gasteiger partial charge in [-0.05, 0) is 37.3 Å². The SMILES string of the molecule is CCN1C(=O)c2ccccc2N2C(=O)CC[C@]12C(=O)Nc1cccc(C(F)(F)F)c1. The van der Waals surface area contributed by atoms with E-state index < -0.39 is 29.2 Å². The summed E-state index contributed by atoms with van der Waals surface area (Å²) in [6.45, 7) is 1.83. The number of benzene rings is 2. The fourth-order valence-corrected chi connectivity index (χ4v) is 4.21. The Hall–Kier alpha value is -3.36. The first-order valence-electron chi connectivity index (χ1n) is 9.43. The largest absolute Gasteiger partial charge is 0.416 e. The van der Waals surface area contributed by atoms with Crippen LogP contribution in [-0.4, -0.2) is 34.8 Å². The highest BCUT2D eigenvalue weighted by atomic mass is 19.4. The molecular weight excluding hydrogens is 399 g/mol. The Balaban J connectivity index is 1.79. The molecule has 3 amide bonds. The minimum absolute atomic E-state index is 0.0358. The number of carbonyl (C=O) groups excluding carboxylic acids is 3. The Morgan fingerprint density at radius 3 is 2.57 bits per heavy atom. The number of hydrogen-bond donors (Lipinski definition) is 1. The normalized spacial score (nSPS) is 20.8. The maximum atomic E-state index is 13.4. The van der Waals surface area contributed by atoms with E-state index in [1.165, 1.54) is 21.9 Å². The summed E-state index contributed by atoms with van der Waals surface area (Å²) in [7, 11) is 0. The minimum atomic E-state index is -4.57. The third kappa shape index (κ3) is 2.84. The first kappa shape index (κ1) is 19.9. The van der Waals surface area contributed by atoms with E-state index in [0.717, 1.165) is 12.1 Å². The first-order valence-corrected chi connectivity index (χ1v) is 9.43. The van der Waals surface area contributed by atoms with E-state index in [4.69, 9.17) is 0 Å². The molecule has 1 N–H and O–H groups in total. The standard InChI is InChI=1S/C21H18F3N3O3/c1-2-26-18(29)15-8-3-4-9-16(15)27-17(28)10-11-20(26,27)19(30)25-14-7-5-6-13(12-14)21(22,23)24/h3-9,12H,2,10-11H2,1H3,(H,25,30)/t20-/m0/s1. The second-order valence-electron chi connectivity index (χ2n) is 7.15. The zero-order valence-electron chi connectivity index (χ0n) is 16.0. The van der Waals surface area contributed by atoms with Crippen LogP contribution in [0.15, 0.2) is 48.5 Å². The number of fused-ring (bicyclic) bond motifs is 3. The van der Waals surface area contributed by atoms with Crippen LogP contribution in [0.5, 0.6) is 0 Å². The van der Waals surface area contributed by atoms with Gasteiger partial charge in [0, 0.05) is 25.1 Å². The summed E-state index contributed by atoms with van der Waals surface area (Å²) >= 11 is 0. The molecule has 30 heavy (non-hydrogen) atoms. The molecule has 1 saturated heterocycles. The predicted octanol–water partition coefficient (Wildman–Crippen LogP) is 3.64. The summed E-state index contributed by atoms with van der Waals surface area (Å²) in [6, 6.07) is 10.8. The van der Waals surface area contributed by atoms with E-state index in [-0.39, 0.29) is 31.0 Å².